The lowest BCUT2D eigenvalue weighted by molar-refractivity contribution is 0.579. The zero-order valence-corrected chi connectivity index (χ0v) is 12.6. The van der Waals surface area contributed by atoms with Crippen molar-refractivity contribution >= 4 is 15.7 Å². The van der Waals surface area contributed by atoms with E-state index < -0.39 is 15.8 Å². The van der Waals surface area contributed by atoms with Crippen LogP contribution in [0.25, 0.3) is 5.65 Å². The molecule has 2 aromatic heterocycles. The van der Waals surface area contributed by atoms with Crippen molar-refractivity contribution < 1.29 is 12.8 Å². The van der Waals surface area contributed by atoms with E-state index in [1.54, 1.807) is 6.20 Å². The zero-order chi connectivity index (χ0) is 15.7. The third-order valence-electron chi connectivity index (χ3n) is 3.23. The first kappa shape index (κ1) is 14.7. The number of rotatable bonds is 4. The van der Waals surface area contributed by atoms with Gasteiger partial charge in [-0.15, -0.1) is 0 Å². The molecule has 3 rings (SSSR count). The van der Waals surface area contributed by atoms with Gasteiger partial charge in [-0.1, -0.05) is 0 Å². The van der Waals surface area contributed by atoms with Gasteiger partial charge in [0.1, 0.15) is 11.5 Å². The Morgan fingerprint density at radius 1 is 1.23 bits per heavy atom. The second-order valence-electron chi connectivity index (χ2n) is 4.98. The van der Waals surface area contributed by atoms with Crippen LogP contribution in [0.5, 0.6) is 0 Å². The number of sulfonamides is 1. The first-order valence-corrected chi connectivity index (χ1v) is 8.12. The van der Waals surface area contributed by atoms with E-state index in [4.69, 9.17) is 0 Å². The van der Waals surface area contributed by atoms with Crippen LogP contribution in [-0.4, -0.2) is 17.8 Å². The Bertz CT molecular complexity index is 918. The van der Waals surface area contributed by atoms with Crippen LogP contribution in [0.1, 0.15) is 11.3 Å². The number of hydrogen-bond donors (Lipinski definition) is 1. The second kappa shape index (κ2) is 5.51. The molecule has 0 fully saturated rings. The first-order chi connectivity index (χ1) is 10.4. The molecule has 0 aliphatic rings. The number of pyridine rings is 1. The van der Waals surface area contributed by atoms with E-state index >= 15 is 0 Å². The Morgan fingerprint density at radius 3 is 2.68 bits per heavy atom. The van der Waals surface area contributed by atoms with Gasteiger partial charge in [0.2, 0.25) is 10.0 Å². The minimum Gasteiger partial charge on any atom is -0.307 e. The number of halogens is 1. The van der Waals surface area contributed by atoms with Gasteiger partial charge in [0, 0.05) is 12.4 Å². The zero-order valence-electron chi connectivity index (χ0n) is 11.8. The van der Waals surface area contributed by atoms with E-state index in [1.807, 2.05) is 29.7 Å². The Labute approximate surface area is 127 Å². The number of hydrogen-bond acceptors (Lipinski definition) is 3. The fourth-order valence-corrected chi connectivity index (χ4v) is 3.09. The molecule has 0 aliphatic carbocycles. The number of nitrogens with one attached hydrogen (secondary N) is 1. The van der Waals surface area contributed by atoms with E-state index in [9.17, 15) is 12.8 Å². The lowest BCUT2D eigenvalue weighted by Crippen LogP contribution is -2.23. The average molecular weight is 319 g/mol. The predicted octanol–water partition coefficient (Wildman–Crippen LogP) is 2.26. The molecule has 22 heavy (non-hydrogen) atoms. The molecule has 0 amide bonds. The summed E-state index contributed by atoms with van der Waals surface area (Å²) in [5.41, 5.74) is 2.45. The van der Waals surface area contributed by atoms with E-state index in [2.05, 4.69) is 9.71 Å². The molecule has 3 aromatic rings. The summed E-state index contributed by atoms with van der Waals surface area (Å²) in [5, 5.41) is 0. The van der Waals surface area contributed by atoms with Gasteiger partial charge in [0.15, 0.2) is 0 Å². The van der Waals surface area contributed by atoms with Crippen molar-refractivity contribution in [3.8, 4) is 0 Å². The molecule has 0 atom stereocenters. The molecular weight excluding hydrogens is 305 g/mol. The van der Waals surface area contributed by atoms with Gasteiger partial charge in [-0.3, -0.25) is 0 Å². The number of nitrogens with zero attached hydrogens (tertiary/aromatic N) is 2. The van der Waals surface area contributed by atoms with Crippen molar-refractivity contribution in [1.82, 2.24) is 14.1 Å². The Morgan fingerprint density at radius 2 is 1.95 bits per heavy atom. The predicted molar refractivity (Wildman–Crippen MR) is 80.4 cm³/mol. The van der Waals surface area contributed by atoms with Gasteiger partial charge in [-0.05, 0) is 48.9 Å². The van der Waals surface area contributed by atoms with Crippen molar-refractivity contribution in [2.75, 3.05) is 0 Å². The molecule has 0 unspecified atom stereocenters. The Hall–Kier alpha value is -2.25. The molecule has 7 heteroatoms. The van der Waals surface area contributed by atoms with Crippen LogP contribution in [0.2, 0.25) is 0 Å². The smallest absolute Gasteiger partial charge is 0.240 e. The molecule has 0 spiro atoms. The summed E-state index contributed by atoms with van der Waals surface area (Å²) in [6, 6.07) is 8.54. The average Bonchev–Trinajstić information content (AvgIpc) is 2.88. The van der Waals surface area contributed by atoms with Gasteiger partial charge in [0.05, 0.1) is 17.1 Å². The monoisotopic (exact) mass is 319 g/mol. The Balaban J connectivity index is 1.79. The largest absolute Gasteiger partial charge is 0.307 e. The lowest BCUT2D eigenvalue weighted by atomic mass is 10.3. The van der Waals surface area contributed by atoms with Crippen LogP contribution in [0, 0.1) is 12.7 Å². The van der Waals surface area contributed by atoms with E-state index in [0.717, 1.165) is 23.3 Å². The van der Waals surface area contributed by atoms with Gasteiger partial charge < -0.3 is 4.40 Å². The molecule has 0 saturated carbocycles. The van der Waals surface area contributed by atoms with E-state index in [0.29, 0.717) is 5.69 Å². The highest BCUT2D eigenvalue weighted by Crippen LogP contribution is 2.11. The topological polar surface area (TPSA) is 63.5 Å². The van der Waals surface area contributed by atoms with Crippen molar-refractivity contribution in [1.29, 1.82) is 0 Å². The molecule has 1 N–H and O–H groups in total. The maximum atomic E-state index is 12.8. The molecule has 0 aliphatic heterocycles. The SMILES string of the molecule is Cc1ccn2cc(CNS(=O)(=O)c3ccc(F)cc3)nc2c1. The van der Waals surface area contributed by atoms with Crippen LogP contribution in [0.3, 0.4) is 0 Å². The summed E-state index contributed by atoms with van der Waals surface area (Å²) < 4.78 is 41.4. The molecule has 0 bridgehead atoms. The van der Waals surface area contributed by atoms with Crippen LogP contribution < -0.4 is 4.72 Å². The third kappa shape index (κ3) is 3.00. The first-order valence-electron chi connectivity index (χ1n) is 6.63. The standard InChI is InChI=1S/C15H14FN3O2S/c1-11-6-7-19-10-13(18-15(19)8-11)9-17-22(20,21)14-4-2-12(16)3-5-14/h2-8,10,17H,9H2,1H3. The molecule has 5 nitrogen and oxygen atoms in total. The third-order valence-corrected chi connectivity index (χ3v) is 4.65. The fourth-order valence-electron chi connectivity index (χ4n) is 2.09. The molecule has 114 valence electrons. The van der Waals surface area contributed by atoms with Crippen molar-refractivity contribution in [2.45, 2.75) is 18.4 Å². The number of fused-ring (bicyclic) bond motifs is 1. The maximum absolute atomic E-state index is 12.8. The highest BCUT2D eigenvalue weighted by atomic mass is 32.2. The molecule has 2 heterocycles. The summed E-state index contributed by atoms with van der Waals surface area (Å²) in [5.74, 6) is -0.477. The summed E-state index contributed by atoms with van der Waals surface area (Å²) >= 11 is 0. The van der Waals surface area contributed by atoms with Crippen LogP contribution in [-0.2, 0) is 16.6 Å². The molecule has 0 saturated heterocycles. The van der Waals surface area contributed by atoms with Gasteiger partial charge in [-0.25, -0.2) is 22.5 Å². The van der Waals surface area contributed by atoms with Crippen molar-refractivity contribution in [2.24, 2.45) is 0 Å². The summed E-state index contributed by atoms with van der Waals surface area (Å²) in [4.78, 5) is 4.38. The number of aryl methyl sites for hydroxylation is 1. The minimum absolute atomic E-state index is 0.0218. The number of imidazole rings is 1. The maximum Gasteiger partial charge on any atom is 0.240 e. The van der Waals surface area contributed by atoms with Gasteiger partial charge >= 0.3 is 0 Å². The van der Waals surface area contributed by atoms with Crippen LogP contribution >= 0.6 is 0 Å². The van der Waals surface area contributed by atoms with Gasteiger partial charge in [0.25, 0.3) is 0 Å². The van der Waals surface area contributed by atoms with Crippen LogP contribution in [0.4, 0.5) is 4.39 Å². The van der Waals surface area contributed by atoms with Crippen LogP contribution in [0.15, 0.2) is 53.7 Å². The second-order valence-corrected chi connectivity index (χ2v) is 6.75. The van der Waals surface area contributed by atoms with E-state index in [-0.39, 0.29) is 11.4 Å². The quantitative estimate of drug-likeness (QED) is 0.802. The summed E-state index contributed by atoms with van der Waals surface area (Å²) in [6.45, 7) is 2.03. The molecular formula is C15H14FN3O2S. The highest BCUT2D eigenvalue weighted by molar-refractivity contribution is 7.89. The summed E-state index contributed by atoms with van der Waals surface area (Å²) in [6.07, 6.45) is 3.64. The normalized spacial score (nSPS) is 11.9. The van der Waals surface area contributed by atoms with Gasteiger partial charge in [-0.2, -0.15) is 0 Å². The summed E-state index contributed by atoms with van der Waals surface area (Å²) in [7, 11) is -3.69. The van der Waals surface area contributed by atoms with E-state index in [1.165, 1.54) is 12.1 Å². The number of benzene rings is 1. The van der Waals surface area contributed by atoms with Crippen molar-refractivity contribution in [3.05, 3.63) is 65.9 Å². The minimum atomic E-state index is -3.69. The molecule has 0 radical (unpaired) electrons. The molecule has 1 aromatic carbocycles. The highest BCUT2D eigenvalue weighted by Gasteiger charge is 2.14. The lowest BCUT2D eigenvalue weighted by Gasteiger charge is -2.04. The number of aromatic nitrogens is 2. The van der Waals surface area contributed by atoms with Crippen molar-refractivity contribution in [3.63, 3.8) is 0 Å². The fraction of sp³-hybridized carbons (Fsp3) is 0.133. The Kier molecular flexibility index (Phi) is 3.67.